The average molecular weight is 440 g/mol. The van der Waals surface area contributed by atoms with Gasteiger partial charge >= 0.3 is 0 Å². The number of nitrogens with two attached hydrogens (primary N) is 1. The number of likely N-dealkylation sites (tertiary alicyclic amines) is 1. The molecule has 1 heterocycles. The molecule has 1 aromatic rings. The van der Waals surface area contributed by atoms with Crippen molar-refractivity contribution in [2.75, 3.05) is 13.2 Å². The number of halogens is 1. The molecule has 3 nitrogen and oxygen atoms in total. The van der Waals surface area contributed by atoms with E-state index in [0.29, 0.717) is 30.6 Å². The SMILES string of the molecule is C=CC(C)N1[C@H](CO[Si](C)(C)C(C)(C)C)[C@H](c2ccc(Br)cc2)[C@@H]1CN. The quantitative estimate of drug-likeness (QED) is 0.472. The maximum Gasteiger partial charge on any atom is 0.192 e. The zero-order valence-electron chi connectivity index (χ0n) is 17.1. The van der Waals surface area contributed by atoms with Crippen molar-refractivity contribution < 1.29 is 4.43 Å². The van der Waals surface area contributed by atoms with Crippen molar-refractivity contribution in [3.8, 4) is 0 Å². The van der Waals surface area contributed by atoms with Crippen LogP contribution in [0.4, 0.5) is 0 Å². The average Bonchev–Trinajstić information content (AvgIpc) is 2.54. The summed E-state index contributed by atoms with van der Waals surface area (Å²) in [6, 6.07) is 9.63. The van der Waals surface area contributed by atoms with Crippen molar-refractivity contribution in [3.05, 3.63) is 47.0 Å². The molecule has 0 radical (unpaired) electrons. The topological polar surface area (TPSA) is 38.5 Å². The van der Waals surface area contributed by atoms with Crippen LogP contribution in [0.3, 0.4) is 0 Å². The largest absolute Gasteiger partial charge is 0.415 e. The monoisotopic (exact) mass is 438 g/mol. The van der Waals surface area contributed by atoms with Crippen LogP contribution in [0.2, 0.25) is 18.1 Å². The van der Waals surface area contributed by atoms with Gasteiger partial charge in [0.25, 0.3) is 0 Å². The van der Waals surface area contributed by atoms with E-state index in [4.69, 9.17) is 10.2 Å². The lowest BCUT2D eigenvalue weighted by Crippen LogP contribution is -2.69. The molecule has 1 unspecified atom stereocenters. The molecule has 2 rings (SSSR count). The van der Waals surface area contributed by atoms with E-state index in [1.165, 1.54) is 5.56 Å². The summed E-state index contributed by atoms with van der Waals surface area (Å²) in [5, 5.41) is 0.214. The maximum absolute atomic E-state index is 6.60. The summed E-state index contributed by atoms with van der Waals surface area (Å²) in [6.07, 6.45) is 2.01. The van der Waals surface area contributed by atoms with Crippen LogP contribution in [0, 0.1) is 0 Å². The Morgan fingerprint density at radius 3 is 2.31 bits per heavy atom. The highest BCUT2D eigenvalue weighted by molar-refractivity contribution is 9.10. The first-order chi connectivity index (χ1) is 12.0. The first kappa shape index (κ1) is 21.8. The maximum atomic E-state index is 6.60. The second kappa shape index (κ2) is 8.27. The van der Waals surface area contributed by atoms with Gasteiger partial charge in [-0.1, -0.05) is 54.9 Å². The Kier molecular flexibility index (Phi) is 6.95. The van der Waals surface area contributed by atoms with Gasteiger partial charge in [-0.05, 0) is 42.8 Å². The van der Waals surface area contributed by atoms with E-state index >= 15 is 0 Å². The van der Waals surface area contributed by atoms with Gasteiger partial charge < -0.3 is 10.2 Å². The summed E-state index contributed by atoms with van der Waals surface area (Å²) in [5.74, 6) is 0.403. The number of benzene rings is 1. The first-order valence-corrected chi connectivity index (χ1v) is 13.2. The smallest absolute Gasteiger partial charge is 0.192 e. The lowest BCUT2D eigenvalue weighted by molar-refractivity contribution is -0.0508. The fourth-order valence-corrected chi connectivity index (χ4v) is 4.88. The molecule has 1 aliphatic rings. The molecule has 0 aliphatic carbocycles. The summed E-state index contributed by atoms with van der Waals surface area (Å²) in [4.78, 5) is 2.49. The molecule has 0 aromatic heterocycles. The van der Waals surface area contributed by atoms with E-state index in [-0.39, 0.29) is 5.04 Å². The highest BCUT2D eigenvalue weighted by Gasteiger charge is 2.50. The second-order valence-corrected chi connectivity index (χ2v) is 14.7. The van der Waals surface area contributed by atoms with E-state index in [1.807, 2.05) is 6.08 Å². The van der Waals surface area contributed by atoms with E-state index in [0.717, 1.165) is 11.1 Å². The van der Waals surface area contributed by atoms with Gasteiger partial charge in [0.05, 0.1) is 6.61 Å². The van der Waals surface area contributed by atoms with Gasteiger partial charge in [0.1, 0.15) is 0 Å². The lowest BCUT2D eigenvalue weighted by atomic mass is 9.74. The van der Waals surface area contributed by atoms with E-state index in [1.54, 1.807) is 0 Å². The molecule has 1 aliphatic heterocycles. The third-order valence-electron chi connectivity index (χ3n) is 6.32. The molecule has 5 heteroatoms. The Morgan fingerprint density at radius 2 is 1.85 bits per heavy atom. The Hall–Kier alpha value is -0.463. The molecule has 4 atom stereocenters. The van der Waals surface area contributed by atoms with Crippen molar-refractivity contribution >= 4 is 24.2 Å². The van der Waals surface area contributed by atoms with Gasteiger partial charge in [-0.3, -0.25) is 4.90 Å². The Balaban J connectivity index is 2.26. The molecular weight excluding hydrogens is 404 g/mol. The molecular formula is C21H35BrN2OSi. The van der Waals surface area contributed by atoms with Crippen LogP contribution in [0.1, 0.15) is 39.2 Å². The Bertz CT molecular complexity index is 611. The van der Waals surface area contributed by atoms with E-state index < -0.39 is 8.32 Å². The molecule has 0 spiro atoms. The Labute approximate surface area is 169 Å². The van der Waals surface area contributed by atoms with Crippen LogP contribution >= 0.6 is 15.9 Å². The third-order valence-corrected chi connectivity index (χ3v) is 11.4. The van der Waals surface area contributed by atoms with Crippen LogP contribution in [-0.2, 0) is 4.43 Å². The van der Waals surface area contributed by atoms with Crippen LogP contribution in [0.15, 0.2) is 41.4 Å². The minimum absolute atomic E-state index is 0.214. The fourth-order valence-electron chi connectivity index (χ4n) is 3.60. The summed E-state index contributed by atoms with van der Waals surface area (Å²) in [6.45, 7) is 19.1. The van der Waals surface area contributed by atoms with Crippen molar-refractivity contribution in [2.45, 2.75) is 69.9 Å². The molecule has 0 bridgehead atoms. The van der Waals surface area contributed by atoms with Gasteiger partial charge in [0.2, 0.25) is 0 Å². The lowest BCUT2D eigenvalue weighted by Gasteiger charge is -2.58. The highest BCUT2D eigenvalue weighted by atomic mass is 79.9. The minimum atomic E-state index is -1.79. The molecule has 146 valence electrons. The summed E-state index contributed by atoms with van der Waals surface area (Å²) < 4.78 is 7.71. The molecule has 0 saturated carbocycles. The minimum Gasteiger partial charge on any atom is -0.415 e. The van der Waals surface area contributed by atoms with Crippen LogP contribution < -0.4 is 5.73 Å². The van der Waals surface area contributed by atoms with Crippen molar-refractivity contribution in [1.82, 2.24) is 4.90 Å². The van der Waals surface area contributed by atoms with Crippen molar-refractivity contribution in [1.29, 1.82) is 0 Å². The molecule has 1 saturated heterocycles. The molecule has 2 N–H and O–H groups in total. The highest BCUT2D eigenvalue weighted by Crippen LogP contribution is 2.44. The van der Waals surface area contributed by atoms with E-state index in [9.17, 15) is 0 Å². The zero-order valence-corrected chi connectivity index (χ0v) is 19.7. The normalized spacial score (nSPS) is 25.6. The summed E-state index contributed by atoms with van der Waals surface area (Å²) in [5.41, 5.74) is 7.52. The van der Waals surface area contributed by atoms with Crippen LogP contribution in [0.5, 0.6) is 0 Å². The van der Waals surface area contributed by atoms with Crippen molar-refractivity contribution in [3.63, 3.8) is 0 Å². The van der Waals surface area contributed by atoms with Gasteiger partial charge in [0, 0.05) is 35.1 Å². The zero-order chi connectivity index (χ0) is 19.7. The number of hydrogen-bond donors (Lipinski definition) is 1. The number of rotatable bonds is 7. The molecule has 26 heavy (non-hydrogen) atoms. The van der Waals surface area contributed by atoms with Gasteiger partial charge in [-0.25, -0.2) is 0 Å². The van der Waals surface area contributed by atoms with Crippen molar-refractivity contribution in [2.24, 2.45) is 5.73 Å². The van der Waals surface area contributed by atoms with Gasteiger partial charge in [0.15, 0.2) is 8.32 Å². The van der Waals surface area contributed by atoms with Crippen LogP contribution in [0.25, 0.3) is 0 Å². The molecule has 1 aromatic carbocycles. The number of hydrogen-bond acceptors (Lipinski definition) is 3. The second-order valence-electron chi connectivity index (χ2n) is 8.94. The van der Waals surface area contributed by atoms with Crippen LogP contribution in [-0.4, -0.2) is 44.5 Å². The van der Waals surface area contributed by atoms with Gasteiger partial charge in [-0.2, -0.15) is 0 Å². The fraction of sp³-hybridized carbons (Fsp3) is 0.619. The summed E-state index contributed by atoms with van der Waals surface area (Å²) in [7, 11) is -1.79. The first-order valence-electron chi connectivity index (χ1n) is 9.53. The molecule has 0 amide bonds. The standard InChI is InChI=1S/C21H35BrN2OSi/c1-8-15(2)24-18(13-23)20(16-9-11-17(22)12-10-16)19(24)14-25-26(6,7)21(3,4)5/h8-12,15,18-20H,1,13-14,23H2,2-7H3/t15?,18-,19+,20+/m0/s1. The third kappa shape index (κ3) is 4.33. The number of nitrogens with zero attached hydrogens (tertiary/aromatic N) is 1. The predicted octanol–water partition coefficient (Wildman–Crippen LogP) is 5.14. The predicted molar refractivity (Wildman–Crippen MR) is 118 cm³/mol. The summed E-state index contributed by atoms with van der Waals surface area (Å²) >= 11 is 3.54. The van der Waals surface area contributed by atoms with Gasteiger partial charge in [-0.15, -0.1) is 6.58 Å². The van der Waals surface area contributed by atoms with E-state index in [2.05, 4.69) is 92.5 Å². The Morgan fingerprint density at radius 1 is 1.27 bits per heavy atom. The molecule has 1 fully saturated rings.